The molecule has 0 spiro atoms. The molecule has 2 heteroatoms. The van der Waals surface area contributed by atoms with E-state index in [9.17, 15) is 0 Å². The van der Waals surface area contributed by atoms with Gasteiger partial charge in [-0.25, -0.2) is 0 Å². The fourth-order valence-electron chi connectivity index (χ4n) is 2.35. The van der Waals surface area contributed by atoms with E-state index in [0.717, 1.165) is 11.4 Å². The molecule has 1 aliphatic carbocycles. The van der Waals surface area contributed by atoms with Crippen molar-refractivity contribution in [3.63, 3.8) is 0 Å². The first-order valence-electron chi connectivity index (χ1n) is 5.77. The highest BCUT2D eigenvalue weighted by Gasteiger charge is 2.34. The number of hydrogen-bond acceptors (Lipinski definition) is 2. The molecule has 2 nitrogen and oxygen atoms in total. The number of rotatable bonds is 2. The zero-order valence-corrected chi connectivity index (χ0v) is 9.88. The summed E-state index contributed by atoms with van der Waals surface area (Å²) in [6.45, 7) is 6.71. The number of aromatic nitrogens is 1. The fourth-order valence-corrected chi connectivity index (χ4v) is 2.35. The summed E-state index contributed by atoms with van der Waals surface area (Å²) in [6, 6.07) is 4.78. The van der Waals surface area contributed by atoms with Gasteiger partial charge in [0.2, 0.25) is 0 Å². The molecule has 1 saturated carbocycles. The second-order valence-electron chi connectivity index (χ2n) is 5.27. The van der Waals surface area contributed by atoms with Crippen molar-refractivity contribution in [1.29, 1.82) is 0 Å². The third kappa shape index (κ3) is 2.31. The van der Waals surface area contributed by atoms with Gasteiger partial charge in [0.15, 0.2) is 0 Å². The van der Waals surface area contributed by atoms with Crippen molar-refractivity contribution < 1.29 is 0 Å². The number of nitrogens with one attached hydrogen (secondary N) is 1. The first-order valence-corrected chi connectivity index (χ1v) is 5.77. The first kappa shape index (κ1) is 10.5. The minimum atomic E-state index is 0.422. The molecule has 0 saturated heterocycles. The van der Waals surface area contributed by atoms with Crippen LogP contribution >= 0.6 is 0 Å². The van der Waals surface area contributed by atoms with Crippen LogP contribution in [0.4, 0.5) is 5.69 Å². The van der Waals surface area contributed by atoms with E-state index in [1.165, 1.54) is 19.3 Å². The van der Waals surface area contributed by atoms with E-state index >= 15 is 0 Å². The van der Waals surface area contributed by atoms with Crippen LogP contribution in [0.2, 0.25) is 0 Å². The standard InChI is InChI=1S/C13H20N2/c1-10-6-7-11(9-14-10)15-12-5-4-8-13(12,2)3/h6-7,9,12,15H,4-5,8H2,1-3H3. The summed E-state index contributed by atoms with van der Waals surface area (Å²) in [7, 11) is 0. The highest BCUT2D eigenvalue weighted by Crippen LogP contribution is 2.38. The van der Waals surface area contributed by atoms with Crippen LogP contribution in [0.5, 0.6) is 0 Å². The van der Waals surface area contributed by atoms with E-state index in [2.05, 4.69) is 36.3 Å². The van der Waals surface area contributed by atoms with Gasteiger partial charge in [0.25, 0.3) is 0 Å². The second-order valence-corrected chi connectivity index (χ2v) is 5.27. The number of pyridine rings is 1. The summed E-state index contributed by atoms with van der Waals surface area (Å²) in [4.78, 5) is 4.31. The molecule has 1 atom stereocenters. The van der Waals surface area contributed by atoms with Crippen LogP contribution in [0.15, 0.2) is 18.3 Å². The van der Waals surface area contributed by atoms with E-state index < -0.39 is 0 Å². The van der Waals surface area contributed by atoms with Gasteiger partial charge in [-0.05, 0) is 37.3 Å². The van der Waals surface area contributed by atoms with Gasteiger partial charge in [-0.15, -0.1) is 0 Å². The van der Waals surface area contributed by atoms with Crippen LogP contribution in [0.1, 0.15) is 38.8 Å². The van der Waals surface area contributed by atoms with E-state index in [-0.39, 0.29) is 0 Å². The van der Waals surface area contributed by atoms with E-state index in [4.69, 9.17) is 0 Å². The SMILES string of the molecule is Cc1ccc(NC2CCCC2(C)C)cn1. The fraction of sp³-hybridized carbons (Fsp3) is 0.615. The summed E-state index contributed by atoms with van der Waals surface area (Å²) in [6.07, 6.45) is 5.87. The molecule has 15 heavy (non-hydrogen) atoms. The van der Waals surface area contributed by atoms with Crippen molar-refractivity contribution in [2.24, 2.45) is 5.41 Å². The normalized spacial score (nSPS) is 24.1. The zero-order chi connectivity index (χ0) is 10.9. The molecule has 1 aliphatic rings. The van der Waals surface area contributed by atoms with Gasteiger partial charge in [0, 0.05) is 11.7 Å². The van der Waals surface area contributed by atoms with Crippen molar-refractivity contribution >= 4 is 5.69 Å². The number of hydrogen-bond donors (Lipinski definition) is 1. The Morgan fingerprint density at radius 3 is 2.73 bits per heavy atom. The van der Waals surface area contributed by atoms with Crippen LogP contribution in [0.3, 0.4) is 0 Å². The Bertz CT molecular complexity index is 327. The van der Waals surface area contributed by atoms with E-state index in [0.29, 0.717) is 11.5 Å². The lowest BCUT2D eigenvalue weighted by Gasteiger charge is -2.28. The molecule has 1 aromatic rings. The summed E-state index contributed by atoms with van der Waals surface area (Å²) in [5.74, 6) is 0. The maximum absolute atomic E-state index is 4.31. The lowest BCUT2D eigenvalue weighted by molar-refractivity contribution is 0.350. The van der Waals surface area contributed by atoms with Crippen LogP contribution in [0.25, 0.3) is 0 Å². The van der Waals surface area contributed by atoms with Crippen LogP contribution < -0.4 is 5.32 Å². The predicted octanol–water partition coefficient (Wildman–Crippen LogP) is 3.38. The highest BCUT2D eigenvalue weighted by molar-refractivity contribution is 5.42. The van der Waals surface area contributed by atoms with Crippen molar-refractivity contribution in [3.8, 4) is 0 Å². The van der Waals surface area contributed by atoms with Crippen molar-refractivity contribution in [1.82, 2.24) is 4.98 Å². The lowest BCUT2D eigenvalue weighted by atomic mass is 9.87. The smallest absolute Gasteiger partial charge is 0.0529 e. The minimum absolute atomic E-state index is 0.422. The Hall–Kier alpha value is -1.05. The maximum atomic E-state index is 4.31. The Labute approximate surface area is 92.1 Å². The molecule has 1 N–H and O–H groups in total. The Morgan fingerprint density at radius 1 is 1.40 bits per heavy atom. The average Bonchev–Trinajstić information content (AvgIpc) is 2.50. The van der Waals surface area contributed by atoms with Gasteiger partial charge in [0.05, 0.1) is 11.9 Å². The van der Waals surface area contributed by atoms with Gasteiger partial charge >= 0.3 is 0 Å². The number of anilines is 1. The maximum Gasteiger partial charge on any atom is 0.0529 e. The molecule has 1 heterocycles. The molecule has 0 aliphatic heterocycles. The predicted molar refractivity (Wildman–Crippen MR) is 64.0 cm³/mol. The molecule has 0 bridgehead atoms. The molecule has 0 amide bonds. The van der Waals surface area contributed by atoms with Crippen LogP contribution in [0, 0.1) is 12.3 Å². The molecule has 82 valence electrons. The number of nitrogens with zero attached hydrogens (tertiary/aromatic N) is 1. The lowest BCUT2D eigenvalue weighted by Crippen LogP contribution is -2.30. The van der Waals surface area contributed by atoms with Gasteiger partial charge in [-0.1, -0.05) is 20.3 Å². The molecular formula is C13H20N2. The molecule has 2 rings (SSSR count). The summed E-state index contributed by atoms with van der Waals surface area (Å²) >= 11 is 0. The quantitative estimate of drug-likeness (QED) is 0.798. The van der Waals surface area contributed by atoms with Crippen LogP contribution in [-0.4, -0.2) is 11.0 Å². The minimum Gasteiger partial charge on any atom is -0.381 e. The summed E-state index contributed by atoms with van der Waals surface area (Å²) < 4.78 is 0. The Balaban J connectivity index is 2.06. The van der Waals surface area contributed by atoms with Gasteiger partial charge < -0.3 is 5.32 Å². The van der Waals surface area contributed by atoms with E-state index in [1.807, 2.05) is 13.1 Å². The van der Waals surface area contributed by atoms with Gasteiger partial charge in [-0.3, -0.25) is 4.98 Å². The molecule has 1 fully saturated rings. The largest absolute Gasteiger partial charge is 0.381 e. The summed E-state index contributed by atoms with van der Waals surface area (Å²) in [5.41, 5.74) is 2.65. The Kier molecular flexibility index (Phi) is 2.68. The third-order valence-corrected chi connectivity index (χ3v) is 3.51. The molecule has 0 radical (unpaired) electrons. The first-order chi connectivity index (χ1) is 7.08. The third-order valence-electron chi connectivity index (χ3n) is 3.51. The molecule has 1 aromatic heterocycles. The summed E-state index contributed by atoms with van der Waals surface area (Å²) in [5, 5.41) is 3.60. The van der Waals surface area contributed by atoms with Gasteiger partial charge in [0.1, 0.15) is 0 Å². The van der Waals surface area contributed by atoms with Crippen LogP contribution in [-0.2, 0) is 0 Å². The topological polar surface area (TPSA) is 24.9 Å². The average molecular weight is 204 g/mol. The van der Waals surface area contributed by atoms with Gasteiger partial charge in [-0.2, -0.15) is 0 Å². The highest BCUT2D eigenvalue weighted by atomic mass is 15.0. The Morgan fingerprint density at radius 2 is 2.20 bits per heavy atom. The number of aryl methyl sites for hydroxylation is 1. The van der Waals surface area contributed by atoms with Crippen molar-refractivity contribution in [3.05, 3.63) is 24.0 Å². The molecule has 1 unspecified atom stereocenters. The molecular weight excluding hydrogens is 184 g/mol. The zero-order valence-electron chi connectivity index (χ0n) is 9.88. The van der Waals surface area contributed by atoms with E-state index in [1.54, 1.807) is 0 Å². The van der Waals surface area contributed by atoms with Crippen molar-refractivity contribution in [2.45, 2.75) is 46.1 Å². The van der Waals surface area contributed by atoms with Crippen molar-refractivity contribution in [2.75, 3.05) is 5.32 Å². The molecule has 0 aromatic carbocycles. The monoisotopic (exact) mass is 204 g/mol. The second kappa shape index (κ2) is 3.84.